The maximum absolute atomic E-state index is 14.6. The zero-order valence-electron chi connectivity index (χ0n) is 33.8. The first-order chi connectivity index (χ1) is 31.2. The van der Waals surface area contributed by atoms with Gasteiger partial charge < -0.3 is 9.97 Å². The van der Waals surface area contributed by atoms with Crippen LogP contribution in [-0.4, -0.2) is 48.7 Å². The molecule has 7 heterocycles. The average molecular weight is 809 g/mol. The molecule has 1 amide bonds. The van der Waals surface area contributed by atoms with E-state index in [1.54, 1.807) is 0 Å². The molecule has 0 saturated carbocycles. The van der Waals surface area contributed by atoms with Gasteiger partial charge in [0.05, 0.1) is 40.4 Å². The summed E-state index contributed by atoms with van der Waals surface area (Å²) in [6, 6.07) is 54.4. The smallest absolute Gasteiger partial charge is 0.260 e. The van der Waals surface area contributed by atoms with Crippen molar-refractivity contribution >= 4 is 46.0 Å². The highest BCUT2D eigenvalue weighted by Crippen LogP contribution is 2.49. The lowest BCUT2D eigenvalue weighted by Crippen LogP contribution is -2.39. The molecular formula is C56H36N6O. The fourth-order valence-electron chi connectivity index (χ4n) is 9.97. The van der Waals surface area contributed by atoms with E-state index in [0.29, 0.717) is 11.4 Å². The molecule has 0 saturated heterocycles. The number of H-pyrrole nitrogens is 2. The maximum atomic E-state index is 14.6. The zero-order chi connectivity index (χ0) is 41.6. The predicted molar refractivity (Wildman–Crippen MR) is 255 cm³/mol. The molecule has 8 bridgehead atoms. The highest BCUT2D eigenvalue weighted by atomic mass is 16.2. The van der Waals surface area contributed by atoms with Crippen LogP contribution in [0, 0.1) is 0 Å². The Labute approximate surface area is 362 Å². The number of benzene rings is 5. The number of hydrogen-bond donors (Lipinski definition) is 2. The Kier molecular flexibility index (Phi) is 7.75. The summed E-state index contributed by atoms with van der Waals surface area (Å²) in [5, 5.41) is 0. The number of rotatable bonds is 4. The molecule has 2 N–H and O–H groups in total. The topological polar surface area (TPSA) is 90.0 Å². The van der Waals surface area contributed by atoms with Gasteiger partial charge in [0, 0.05) is 61.0 Å². The standard InChI is InChI=1S/C56H36N6O/c63-56-40-32-38-37(31-39(40)55-60-41-23-13-14-24-48(41)62(55)56)53-51(35-19-9-3-10-20-35)46-29-27-44(58-46)49(33-15-5-1-6-16-33)42-25-26-43(57-42)50(34-17-7-2-8-18-34)45-28-30-47(59-45)52(54(38)61-53)36-21-11-4-12-22-36/h1-32,41,48,58-59H. The van der Waals surface area contributed by atoms with Gasteiger partial charge in [-0.05, 0) is 70.8 Å². The van der Waals surface area contributed by atoms with Crippen LogP contribution in [0.1, 0.15) is 27.3 Å². The number of nitrogens with zero attached hydrogens (tertiary/aromatic N) is 4. The molecule has 4 aliphatic heterocycles. The zero-order valence-corrected chi connectivity index (χ0v) is 33.8. The first kappa shape index (κ1) is 35.3. The Hall–Kier alpha value is -8.42. The first-order valence-corrected chi connectivity index (χ1v) is 21.3. The SMILES string of the molecule is O=C1c2cc3c(cc2C2=NC4C=CC=CC4N12)-c1nc-3c(-c2ccccc2)c2ccc([nH]2)c(-c2ccccc2)c2nc(c(-c3ccccc3)c3ccc([nH]3)c1-c1ccccc1)C=C2. The van der Waals surface area contributed by atoms with Gasteiger partial charge >= 0.3 is 0 Å². The van der Waals surface area contributed by atoms with Crippen LogP contribution in [0.2, 0.25) is 0 Å². The third-order valence-corrected chi connectivity index (χ3v) is 12.8. The number of aromatic amines is 2. The van der Waals surface area contributed by atoms with Crippen molar-refractivity contribution in [3.05, 3.63) is 205 Å². The Morgan fingerprint density at radius 3 is 1.37 bits per heavy atom. The van der Waals surface area contributed by atoms with Gasteiger partial charge in [-0.3, -0.25) is 14.7 Å². The predicted octanol–water partition coefficient (Wildman–Crippen LogP) is 12.6. The number of aliphatic imine (C=N–C) groups is 1. The van der Waals surface area contributed by atoms with Gasteiger partial charge in [-0.25, -0.2) is 9.97 Å². The van der Waals surface area contributed by atoms with Crippen molar-refractivity contribution in [1.29, 1.82) is 0 Å². The molecule has 5 aliphatic rings. The summed E-state index contributed by atoms with van der Waals surface area (Å²) in [6.07, 6.45) is 12.4. The van der Waals surface area contributed by atoms with Crippen LogP contribution in [0.5, 0.6) is 0 Å². The summed E-state index contributed by atoms with van der Waals surface area (Å²) in [5.74, 6) is 0.676. The average Bonchev–Trinajstić information content (AvgIpc) is 4.21. The van der Waals surface area contributed by atoms with Gasteiger partial charge in [0.1, 0.15) is 5.84 Å². The normalized spacial score (nSPS) is 16.5. The molecule has 2 unspecified atom stereocenters. The molecule has 1 aliphatic carbocycles. The second kappa shape index (κ2) is 13.8. The quantitative estimate of drug-likeness (QED) is 0.186. The summed E-state index contributed by atoms with van der Waals surface area (Å²) in [4.78, 5) is 40.6. The number of nitrogens with one attached hydrogen (secondary N) is 2. The number of aromatic nitrogens is 4. The Balaban J connectivity index is 1.22. The highest BCUT2D eigenvalue weighted by Gasteiger charge is 2.46. The molecule has 8 aromatic rings. The summed E-state index contributed by atoms with van der Waals surface area (Å²) in [5.41, 5.74) is 18.2. The maximum Gasteiger partial charge on any atom is 0.260 e. The first-order valence-electron chi connectivity index (χ1n) is 21.3. The van der Waals surface area contributed by atoms with Gasteiger partial charge in [-0.2, -0.15) is 0 Å². The van der Waals surface area contributed by atoms with Crippen LogP contribution in [0.4, 0.5) is 0 Å². The van der Waals surface area contributed by atoms with E-state index in [-0.39, 0.29) is 18.0 Å². The van der Waals surface area contributed by atoms with Crippen molar-refractivity contribution in [3.63, 3.8) is 0 Å². The fraction of sp³-hybridized carbons (Fsp3) is 0.0357. The lowest BCUT2D eigenvalue weighted by atomic mass is 9.91. The molecule has 3 aromatic heterocycles. The lowest BCUT2D eigenvalue weighted by Gasteiger charge is -2.22. The summed E-state index contributed by atoms with van der Waals surface area (Å²) in [7, 11) is 0. The van der Waals surface area contributed by atoms with E-state index in [4.69, 9.17) is 15.0 Å². The number of allylic oxidation sites excluding steroid dienone is 2. The third kappa shape index (κ3) is 5.46. The fourth-order valence-corrected chi connectivity index (χ4v) is 9.97. The van der Waals surface area contributed by atoms with Crippen molar-refractivity contribution in [2.45, 2.75) is 12.1 Å². The number of hydrogen-bond acceptors (Lipinski definition) is 4. The highest BCUT2D eigenvalue weighted by molar-refractivity contribution is 6.26. The second-order valence-electron chi connectivity index (χ2n) is 16.4. The van der Waals surface area contributed by atoms with E-state index in [0.717, 1.165) is 106 Å². The summed E-state index contributed by atoms with van der Waals surface area (Å²) >= 11 is 0. The van der Waals surface area contributed by atoms with E-state index in [1.165, 1.54) is 0 Å². The molecule has 2 atom stereocenters. The molecular weight excluding hydrogens is 773 g/mol. The molecule has 0 fully saturated rings. The van der Waals surface area contributed by atoms with E-state index < -0.39 is 0 Å². The van der Waals surface area contributed by atoms with Crippen LogP contribution in [0.25, 0.3) is 101 Å². The number of amidine groups is 1. The van der Waals surface area contributed by atoms with Crippen LogP contribution >= 0.6 is 0 Å². The van der Waals surface area contributed by atoms with E-state index in [9.17, 15) is 4.79 Å². The molecule has 7 heteroatoms. The molecule has 13 rings (SSSR count). The minimum atomic E-state index is -0.153. The van der Waals surface area contributed by atoms with Gasteiger partial charge in [-0.1, -0.05) is 146 Å². The van der Waals surface area contributed by atoms with Crippen molar-refractivity contribution in [2.75, 3.05) is 0 Å². The van der Waals surface area contributed by atoms with Crippen LogP contribution in [0.15, 0.2) is 187 Å². The monoisotopic (exact) mass is 808 g/mol. The Bertz CT molecular complexity index is 3520. The van der Waals surface area contributed by atoms with E-state index in [2.05, 4.69) is 168 Å². The molecule has 63 heavy (non-hydrogen) atoms. The number of fused-ring (bicyclic) bond motifs is 16. The van der Waals surface area contributed by atoms with Crippen LogP contribution in [0.3, 0.4) is 0 Å². The van der Waals surface area contributed by atoms with Crippen molar-refractivity contribution in [1.82, 2.24) is 24.8 Å². The minimum Gasteiger partial charge on any atom is -0.354 e. The summed E-state index contributed by atoms with van der Waals surface area (Å²) in [6.45, 7) is 0. The van der Waals surface area contributed by atoms with Crippen molar-refractivity contribution < 1.29 is 4.79 Å². The largest absolute Gasteiger partial charge is 0.354 e. The third-order valence-electron chi connectivity index (χ3n) is 12.8. The van der Waals surface area contributed by atoms with Gasteiger partial charge in [0.25, 0.3) is 5.91 Å². The molecule has 7 nitrogen and oxygen atoms in total. The van der Waals surface area contributed by atoms with Crippen molar-refractivity contribution in [2.24, 2.45) is 4.99 Å². The Morgan fingerprint density at radius 2 is 0.873 bits per heavy atom. The van der Waals surface area contributed by atoms with E-state index in [1.807, 2.05) is 41.3 Å². The van der Waals surface area contributed by atoms with Crippen LogP contribution in [-0.2, 0) is 0 Å². The molecule has 296 valence electrons. The van der Waals surface area contributed by atoms with E-state index >= 15 is 0 Å². The summed E-state index contributed by atoms with van der Waals surface area (Å²) < 4.78 is 0. The minimum absolute atomic E-state index is 0.0395. The van der Waals surface area contributed by atoms with Gasteiger partial charge in [-0.15, -0.1) is 0 Å². The number of amides is 1. The van der Waals surface area contributed by atoms with Crippen LogP contribution < -0.4 is 0 Å². The molecule has 0 spiro atoms. The number of carbonyl (C=O) groups excluding carboxylic acids is 1. The van der Waals surface area contributed by atoms with Gasteiger partial charge in [0.2, 0.25) is 0 Å². The Morgan fingerprint density at radius 1 is 0.444 bits per heavy atom. The molecule has 5 aromatic carbocycles. The second-order valence-corrected chi connectivity index (χ2v) is 16.4. The van der Waals surface area contributed by atoms with Gasteiger partial charge in [0.15, 0.2) is 0 Å². The lowest BCUT2D eigenvalue weighted by molar-refractivity contribution is 0.0842. The number of carbonyl (C=O) groups is 1. The molecule has 0 radical (unpaired) electrons. The van der Waals surface area contributed by atoms with Crippen molar-refractivity contribution in [3.8, 4) is 67.0 Å².